The summed E-state index contributed by atoms with van der Waals surface area (Å²) in [5, 5.41) is 3.44. The summed E-state index contributed by atoms with van der Waals surface area (Å²) >= 11 is 0. The average molecular weight is 523 g/mol. The molecular formula is C23H34IN5O. The minimum absolute atomic E-state index is 0. The van der Waals surface area contributed by atoms with Gasteiger partial charge in [-0.15, -0.1) is 24.0 Å². The van der Waals surface area contributed by atoms with Crippen molar-refractivity contribution < 1.29 is 4.74 Å². The Bertz CT molecular complexity index is 721. The van der Waals surface area contributed by atoms with Crippen LogP contribution in [-0.2, 0) is 11.3 Å². The van der Waals surface area contributed by atoms with E-state index in [1.54, 1.807) is 0 Å². The standard InChI is InChI=1S/C23H33N5O.HI/c1-2-24-23(26-14-8-9-19-29-20-21-10-4-3-5-11-21)28-17-15-27(16-18-28)22-12-6-7-13-25-22;/h3-7,10-13H,2,8-9,14-20H2,1H3,(H,24,26);1H. The molecule has 1 aliphatic rings. The Morgan fingerprint density at radius 3 is 2.50 bits per heavy atom. The zero-order valence-corrected chi connectivity index (χ0v) is 20.2. The van der Waals surface area contributed by atoms with E-state index in [0.29, 0.717) is 6.61 Å². The van der Waals surface area contributed by atoms with Gasteiger partial charge in [0, 0.05) is 52.1 Å². The molecule has 3 rings (SSSR count). The maximum atomic E-state index is 5.76. The highest BCUT2D eigenvalue weighted by molar-refractivity contribution is 14.0. The Morgan fingerprint density at radius 1 is 1.03 bits per heavy atom. The number of anilines is 1. The molecule has 1 aliphatic heterocycles. The summed E-state index contributed by atoms with van der Waals surface area (Å²) in [5.41, 5.74) is 1.23. The lowest BCUT2D eigenvalue weighted by Gasteiger charge is -2.37. The Kier molecular flexibility index (Phi) is 11.5. The number of pyridine rings is 1. The number of unbranched alkanes of at least 4 members (excludes halogenated alkanes) is 1. The van der Waals surface area contributed by atoms with Crippen LogP contribution in [0.3, 0.4) is 0 Å². The van der Waals surface area contributed by atoms with Crippen molar-refractivity contribution in [2.24, 2.45) is 4.99 Å². The second-order valence-electron chi connectivity index (χ2n) is 7.14. The first-order valence-corrected chi connectivity index (χ1v) is 10.7. The Morgan fingerprint density at radius 2 is 1.80 bits per heavy atom. The first kappa shape index (κ1) is 24.4. The van der Waals surface area contributed by atoms with E-state index in [2.05, 4.69) is 45.2 Å². The molecule has 1 N–H and O–H groups in total. The Balaban J connectivity index is 0.00000320. The number of rotatable bonds is 9. The van der Waals surface area contributed by atoms with E-state index in [0.717, 1.165) is 70.5 Å². The van der Waals surface area contributed by atoms with Gasteiger partial charge in [-0.1, -0.05) is 36.4 Å². The fraction of sp³-hybridized carbons (Fsp3) is 0.478. The predicted octanol–water partition coefficient (Wildman–Crippen LogP) is 3.78. The summed E-state index contributed by atoms with van der Waals surface area (Å²) < 4.78 is 5.76. The lowest BCUT2D eigenvalue weighted by Crippen LogP contribution is -2.52. The molecule has 164 valence electrons. The highest BCUT2D eigenvalue weighted by Gasteiger charge is 2.20. The number of halogens is 1. The molecule has 0 bridgehead atoms. The van der Waals surface area contributed by atoms with Gasteiger partial charge >= 0.3 is 0 Å². The highest BCUT2D eigenvalue weighted by Crippen LogP contribution is 2.12. The summed E-state index contributed by atoms with van der Waals surface area (Å²) in [6.07, 6.45) is 3.93. The predicted molar refractivity (Wildman–Crippen MR) is 135 cm³/mol. The minimum atomic E-state index is 0. The third-order valence-corrected chi connectivity index (χ3v) is 4.96. The smallest absolute Gasteiger partial charge is 0.194 e. The molecule has 0 unspecified atom stereocenters. The molecule has 0 radical (unpaired) electrons. The molecule has 6 nitrogen and oxygen atoms in total. The van der Waals surface area contributed by atoms with Crippen LogP contribution < -0.4 is 10.2 Å². The van der Waals surface area contributed by atoms with Crippen molar-refractivity contribution in [3.63, 3.8) is 0 Å². The van der Waals surface area contributed by atoms with Crippen molar-refractivity contribution in [1.82, 2.24) is 15.2 Å². The van der Waals surface area contributed by atoms with Crippen LogP contribution in [0.25, 0.3) is 0 Å². The second-order valence-corrected chi connectivity index (χ2v) is 7.14. The van der Waals surface area contributed by atoms with Crippen LogP contribution in [-0.4, -0.2) is 61.7 Å². The van der Waals surface area contributed by atoms with Crippen molar-refractivity contribution >= 4 is 35.8 Å². The fourth-order valence-corrected chi connectivity index (χ4v) is 3.38. The number of aromatic nitrogens is 1. The van der Waals surface area contributed by atoms with Crippen molar-refractivity contribution in [2.75, 3.05) is 50.8 Å². The number of hydrogen-bond donors (Lipinski definition) is 1. The number of guanidine groups is 1. The molecular weight excluding hydrogens is 489 g/mol. The van der Waals surface area contributed by atoms with Crippen LogP contribution in [0, 0.1) is 0 Å². The van der Waals surface area contributed by atoms with Gasteiger partial charge < -0.3 is 19.9 Å². The van der Waals surface area contributed by atoms with Crippen LogP contribution >= 0.6 is 24.0 Å². The van der Waals surface area contributed by atoms with Crippen LogP contribution in [0.4, 0.5) is 5.82 Å². The van der Waals surface area contributed by atoms with Crippen molar-refractivity contribution in [1.29, 1.82) is 0 Å². The van der Waals surface area contributed by atoms with Crippen molar-refractivity contribution in [3.8, 4) is 0 Å². The van der Waals surface area contributed by atoms with E-state index in [1.807, 2.05) is 36.5 Å². The van der Waals surface area contributed by atoms with Crippen LogP contribution in [0.5, 0.6) is 0 Å². The molecule has 0 atom stereocenters. The molecule has 1 saturated heterocycles. The van der Waals surface area contributed by atoms with Gasteiger partial charge in [0.1, 0.15) is 5.82 Å². The van der Waals surface area contributed by atoms with E-state index in [-0.39, 0.29) is 24.0 Å². The van der Waals surface area contributed by atoms with Gasteiger partial charge in [-0.25, -0.2) is 4.98 Å². The van der Waals surface area contributed by atoms with Crippen molar-refractivity contribution in [3.05, 3.63) is 60.3 Å². The lowest BCUT2D eigenvalue weighted by atomic mass is 10.2. The van der Waals surface area contributed by atoms with Gasteiger partial charge in [0.2, 0.25) is 0 Å². The molecule has 30 heavy (non-hydrogen) atoms. The van der Waals surface area contributed by atoms with Gasteiger partial charge in [-0.05, 0) is 37.5 Å². The molecule has 0 saturated carbocycles. The lowest BCUT2D eigenvalue weighted by molar-refractivity contribution is 0.117. The first-order chi connectivity index (χ1) is 14.4. The number of hydrogen-bond acceptors (Lipinski definition) is 4. The van der Waals surface area contributed by atoms with Gasteiger partial charge in [0.05, 0.1) is 6.61 Å². The third kappa shape index (κ3) is 8.10. The summed E-state index contributed by atoms with van der Waals surface area (Å²) in [4.78, 5) is 14.0. The maximum absolute atomic E-state index is 5.76. The molecule has 7 heteroatoms. The van der Waals surface area contributed by atoms with Crippen molar-refractivity contribution in [2.45, 2.75) is 26.4 Å². The summed E-state index contributed by atoms with van der Waals surface area (Å²) in [6.45, 7) is 9.17. The third-order valence-electron chi connectivity index (χ3n) is 4.96. The molecule has 2 heterocycles. The van der Waals surface area contributed by atoms with E-state index in [4.69, 9.17) is 9.73 Å². The van der Waals surface area contributed by atoms with E-state index in [1.165, 1.54) is 5.56 Å². The largest absolute Gasteiger partial charge is 0.377 e. The minimum Gasteiger partial charge on any atom is -0.377 e. The molecule has 1 aromatic carbocycles. The highest BCUT2D eigenvalue weighted by atomic mass is 127. The van der Waals surface area contributed by atoms with E-state index in [9.17, 15) is 0 Å². The number of nitrogens with zero attached hydrogens (tertiary/aromatic N) is 4. The Labute approximate surface area is 197 Å². The monoisotopic (exact) mass is 523 g/mol. The van der Waals surface area contributed by atoms with Gasteiger partial charge in [0.15, 0.2) is 5.96 Å². The zero-order chi connectivity index (χ0) is 20.2. The number of nitrogens with one attached hydrogen (secondary N) is 1. The van der Waals surface area contributed by atoms with Gasteiger partial charge in [0.25, 0.3) is 0 Å². The summed E-state index contributed by atoms with van der Waals surface area (Å²) in [6, 6.07) is 16.4. The topological polar surface area (TPSA) is 53.0 Å². The van der Waals surface area contributed by atoms with Gasteiger partial charge in [-0.3, -0.25) is 4.99 Å². The number of piperazine rings is 1. The fourth-order valence-electron chi connectivity index (χ4n) is 3.38. The van der Waals surface area contributed by atoms with Gasteiger partial charge in [-0.2, -0.15) is 0 Å². The number of benzene rings is 1. The molecule has 0 amide bonds. The van der Waals surface area contributed by atoms with Crippen LogP contribution in [0.15, 0.2) is 59.7 Å². The first-order valence-electron chi connectivity index (χ1n) is 10.7. The van der Waals surface area contributed by atoms with Crippen LogP contribution in [0.1, 0.15) is 25.3 Å². The molecule has 1 fully saturated rings. The summed E-state index contributed by atoms with van der Waals surface area (Å²) in [7, 11) is 0. The molecule has 0 spiro atoms. The molecule has 1 aromatic heterocycles. The maximum Gasteiger partial charge on any atom is 0.194 e. The summed E-state index contributed by atoms with van der Waals surface area (Å²) in [5.74, 6) is 2.09. The number of ether oxygens (including phenoxy) is 1. The van der Waals surface area contributed by atoms with E-state index >= 15 is 0 Å². The quantitative estimate of drug-likeness (QED) is 0.235. The Hall–Kier alpha value is -1.87. The average Bonchev–Trinajstić information content (AvgIpc) is 2.79. The zero-order valence-electron chi connectivity index (χ0n) is 17.9. The molecule has 2 aromatic rings. The SMILES string of the molecule is CCNC(=NCCCCOCc1ccccc1)N1CCN(c2ccccn2)CC1.I. The molecule has 0 aliphatic carbocycles. The van der Waals surface area contributed by atoms with Crippen LogP contribution in [0.2, 0.25) is 0 Å². The van der Waals surface area contributed by atoms with E-state index < -0.39 is 0 Å². The number of aliphatic imine (C=N–C) groups is 1. The second kappa shape index (κ2) is 14.2. The normalized spacial score (nSPS) is 14.4.